The van der Waals surface area contributed by atoms with Crippen molar-refractivity contribution < 1.29 is 21.7 Å². The number of allylic oxidation sites excluding steroid dienone is 2. The van der Waals surface area contributed by atoms with Gasteiger partial charge in [0, 0.05) is 15.5 Å². The molecule has 3 heteroatoms. The van der Waals surface area contributed by atoms with Crippen molar-refractivity contribution in [3.63, 3.8) is 0 Å². The minimum atomic E-state index is 0. The Bertz CT molecular complexity index is 61.4. The molecule has 0 aliphatic heterocycles. The molecule has 36 valence electrons. The number of hydrogen-bond donors (Lipinski definition) is 0. The smallest absolute Gasteiger partial charge is 0.0988 e. The predicted octanol–water partition coefficient (Wildman–Crippen LogP) is 0.984. The maximum Gasteiger partial charge on any atom is 2.00 e. The van der Waals surface area contributed by atoms with Crippen LogP contribution < -0.4 is 0 Å². The summed E-state index contributed by atoms with van der Waals surface area (Å²) in [6.45, 7) is 8.93. The predicted molar refractivity (Wildman–Crippen MR) is 36.5 cm³/mol. The van der Waals surface area contributed by atoms with Gasteiger partial charge < -0.3 is 0 Å². The Kier molecular flexibility index (Phi) is 30.8. The summed E-state index contributed by atoms with van der Waals surface area (Å²) in [5, 5.41) is 0. The Labute approximate surface area is 69.1 Å². The normalized spacial score (nSPS) is 4.62. The summed E-state index contributed by atoms with van der Waals surface area (Å²) in [5.41, 5.74) is 1.02. The van der Waals surface area contributed by atoms with Crippen molar-refractivity contribution in [2.75, 3.05) is 0 Å². The van der Waals surface area contributed by atoms with Crippen LogP contribution in [0.2, 0.25) is 0 Å². The molecule has 0 saturated carbocycles. The van der Waals surface area contributed by atoms with Crippen molar-refractivity contribution in [1.82, 2.24) is 0 Å². The van der Waals surface area contributed by atoms with Crippen molar-refractivity contribution >= 4 is 15.5 Å². The van der Waals surface area contributed by atoms with Crippen molar-refractivity contribution in [1.29, 1.82) is 0 Å². The molecule has 0 rings (SSSR count). The van der Waals surface area contributed by atoms with E-state index in [-0.39, 0.29) is 21.7 Å². The van der Waals surface area contributed by atoms with E-state index >= 15 is 0 Å². The van der Waals surface area contributed by atoms with Crippen LogP contribution >= 0.6 is 0 Å². The number of rotatable bonds is 1. The largest absolute Gasteiger partial charge is 2.00 e. The van der Waals surface area contributed by atoms with Gasteiger partial charge in [-0.15, -0.1) is 0 Å². The molecule has 0 unspecified atom stereocenters. The number of hydrogen-bond acceptors (Lipinski definition) is 0. The zero-order chi connectivity index (χ0) is 6.28. The van der Waals surface area contributed by atoms with Crippen molar-refractivity contribution in [2.24, 2.45) is 0 Å². The molecule has 0 aliphatic rings. The Morgan fingerprint density at radius 2 is 1.62 bits per heavy atom. The van der Waals surface area contributed by atoms with Gasteiger partial charge in [0.2, 0.25) is 0 Å². The molecule has 4 radical (unpaired) electrons. The van der Waals surface area contributed by atoms with Gasteiger partial charge in [0.1, 0.15) is 0 Å². The molecule has 0 heterocycles. The van der Waals surface area contributed by atoms with E-state index in [1.165, 1.54) is 0 Å². The van der Waals surface area contributed by atoms with Gasteiger partial charge in [-0.2, -0.15) is 0 Å². The first kappa shape index (κ1) is 15.8. The van der Waals surface area contributed by atoms with E-state index in [1.54, 1.807) is 6.08 Å². The van der Waals surface area contributed by atoms with E-state index in [0.717, 1.165) is 5.57 Å². The molecule has 0 aromatic heterocycles. The molecule has 0 amide bonds. The first-order valence-corrected chi connectivity index (χ1v) is 1.88. The van der Waals surface area contributed by atoms with E-state index in [0.29, 0.717) is 0 Å². The van der Waals surface area contributed by atoms with Crippen LogP contribution in [-0.4, -0.2) is 15.5 Å². The van der Waals surface area contributed by atoms with Gasteiger partial charge >= 0.3 is 21.7 Å². The molecular formula is C5H8B2Ti+2. The quantitative estimate of drug-likeness (QED) is 0.374. The van der Waals surface area contributed by atoms with Crippen LogP contribution in [0.15, 0.2) is 24.8 Å². The second-order valence-corrected chi connectivity index (χ2v) is 1.05. The van der Waals surface area contributed by atoms with Crippen LogP contribution in [0, 0.1) is 0 Å². The third-order valence-corrected chi connectivity index (χ3v) is 0.348. The second-order valence-electron chi connectivity index (χ2n) is 1.05. The fraction of sp³-hybridized carbons (Fsp3) is 0.200. The average Bonchev–Trinajstić information content (AvgIpc) is 1.73. The Balaban J connectivity index is -0.0000000750. The molecule has 0 nitrogen and oxygen atoms in total. The van der Waals surface area contributed by atoms with Crippen LogP contribution in [0.3, 0.4) is 0 Å². The van der Waals surface area contributed by atoms with E-state index in [1.807, 2.05) is 6.92 Å². The van der Waals surface area contributed by atoms with Crippen LogP contribution in [0.1, 0.15) is 6.92 Å². The van der Waals surface area contributed by atoms with E-state index < -0.39 is 0 Å². The van der Waals surface area contributed by atoms with Crippen LogP contribution in [-0.2, 0) is 21.7 Å². The molecule has 0 fully saturated rings. The fourth-order valence-electron chi connectivity index (χ4n) is 0. The van der Waals surface area contributed by atoms with Gasteiger partial charge in [0.05, 0.1) is 0 Å². The Hall–Kier alpha value is 0.324. The maximum absolute atomic E-state index is 4.00. The Morgan fingerprint density at radius 3 is 1.62 bits per heavy atom. The minimum absolute atomic E-state index is 0. The second kappa shape index (κ2) is 15.7. The molecule has 0 aromatic carbocycles. The van der Waals surface area contributed by atoms with Crippen molar-refractivity contribution in [2.45, 2.75) is 6.92 Å². The molecule has 0 atom stereocenters. The zero-order valence-corrected chi connectivity index (χ0v) is 6.71. The van der Waals surface area contributed by atoms with Gasteiger partial charge in [0.25, 0.3) is 0 Å². The van der Waals surface area contributed by atoms with Gasteiger partial charge in [-0.25, -0.2) is 0 Å². The molecule has 0 N–H and O–H groups in total. The average molecular weight is 138 g/mol. The molecule has 0 spiro atoms. The molecule has 0 aromatic rings. The topological polar surface area (TPSA) is 0 Å². The summed E-state index contributed by atoms with van der Waals surface area (Å²) in [4.78, 5) is 0. The van der Waals surface area contributed by atoms with Gasteiger partial charge in [0.15, 0.2) is 0 Å². The van der Waals surface area contributed by atoms with E-state index in [9.17, 15) is 0 Å². The molecule has 0 bridgehead atoms. The summed E-state index contributed by atoms with van der Waals surface area (Å²) in [6.07, 6.45) is 1.72. The standard InChI is InChI=1S/C5H8.B2.Ti/c1-4-5(2)3;1-2;/h4H,1-2H2,3H3;;/q;;+2. The summed E-state index contributed by atoms with van der Waals surface area (Å²) < 4.78 is 0. The minimum Gasteiger partial charge on any atom is -0.0988 e. The third kappa shape index (κ3) is 33.2. The molecular weight excluding hydrogens is 130 g/mol. The van der Waals surface area contributed by atoms with Gasteiger partial charge in [-0.05, 0) is 6.92 Å². The molecule has 0 saturated heterocycles. The first-order chi connectivity index (χ1) is 3.27. The van der Waals surface area contributed by atoms with Crippen molar-refractivity contribution in [3.05, 3.63) is 24.8 Å². The summed E-state index contributed by atoms with van der Waals surface area (Å²) in [7, 11) is 8.00. The Morgan fingerprint density at radius 1 is 1.50 bits per heavy atom. The first-order valence-electron chi connectivity index (χ1n) is 1.88. The van der Waals surface area contributed by atoms with Crippen molar-refractivity contribution in [3.8, 4) is 0 Å². The summed E-state index contributed by atoms with van der Waals surface area (Å²) >= 11 is 0. The van der Waals surface area contributed by atoms with E-state index in [4.69, 9.17) is 0 Å². The van der Waals surface area contributed by atoms with Crippen LogP contribution in [0.5, 0.6) is 0 Å². The van der Waals surface area contributed by atoms with Gasteiger partial charge in [-0.1, -0.05) is 24.8 Å². The summed E-state index contributed by atoms with van der Waals surface area (Å²) in [6, 6.07) is 0. The third-order valence-electron chi connectivity index (χ3n) is 0.348. The zero-order valence-electron chi connectivity index (χ0n) is 5.15. The van der Waals surface area contributed by atoms with E-state index in [2.05, 4.69) is 28.6 Å². The summed E-state index contributed by atoms with van der Waals surface area (Å²) in [5.74, 6) is 0. The molecule has 8 heavy (non-hydrogen) atoms. The van der Waals surface area contributed by atoms with Crippen LogP contribution in [0.25, 0.3) is 0 Å². The van der Waals surface area contributed by atoms with Crippen LogP contribution in [0.4, 0.5) is 0 Å². The fourth-order valence-corrected chi connectivity index (χ4v) is 0. The monoisotopic (exact) mass is 138 g/mol. The SMILES string of the molecule is C=CC(=C)C.[B][B].[Ti+2]. The maximum atomic E-state index is 4.00. The molecule has 0 aliphatic carbocycles. The van der Waals surface area contributed by atoms with Gasteiger partial charge in [-0.3, -0.25) is 0 Å².